The van der Waals surface area contributed by atoms with Gasteiger partial charge in [-0.15, -0.1) is 0 Å². The fourth-order valence-corrected chi connectivity index (χ4v) is 2.12. The Hall–Kier alpha value is -1.06. The minimum Gasteiger partial charge on any atom is -0.466 e. The first-order valence-corrected chi connectivity index (χ1v) is 10.7. The molecule has 0 spiro atoms. The zero-order valence-electron chi connectivity index (χ0n) is 18.3. The molecule has 0 amide bonds. The van der Waals surface area contributed by atoms with Gasteiger partial charge in [0.15, 0.2) is 0 Å². The molecular weight excluding hydrogens is 328 g/mol. The van der Waals surface area contributed by atoms with Gasteiger partial charge in [0.2, 0.25) is 0 Å². The zero-order valence-corrected chi connectivity index (χ0v) is 18.3. The van der Waals surface area contributed by atoms with Crippen molar-refractivity contribution in [3.8, 4) is 0 Å². The van der Waals surface area contributed by atoms with E-state index in [-0.39, 0.29) is 17.9 Å². The summed E-state index contributed by atoms with van der Waals surface area (Å²) in [7, 11) is 0. The maximum Gasteiger partial charge on any atom is 0.308 e. The van der Waals surface area contributed by atoms with E-state index in [2.05, 4.69) is 13.8 Å². The summed E-state index contributed by atoms with van der Waals surface area (Å²) in [4.78, 5) is 22.2. The fourth-order valence-electron chi connectivity index (χ4n) is 2.12. The first kappa shape index (κ1) is 27.2. The number of unbranched alkanes of at least 4 members (excludes halogenated alkanes) is 6. The van der Waals surface area contributed by atoms with Crippen LogP contribution in [0.5, 0.6) is 0 Å². The van der Waals surface area contributed by atoms with E-state index in [4.69, 9.17) is 9.47 Å². The molecule has 0 rings (SSSR count). The standard InChI is InChI=1S/2C11H22O2/c1-4-5-6-7-8-13-11(12)9-10(2)3;1-4-6-7-8-9-13-11(12)10(3)5-2/h2*10H,4-9H2,1-3H3. The van der Waals surface area contributed by atoms with Gasteiger partial charge in [0.05, 0.1) is 19.1 Å². The van der Waals surface area contributed by atoms with Crippen molar-refractivity contribution in [3.63, 3.8) is 0 Å². The predicted molar refractivity (Wildman–Crippen MR) is 109 cm³/mol. The van der Waals surface area contributed by atoms with Gasteiger partial charge in [0.1, 0.15) is 0 Å². The Bertz CT molecular complexity index is 326. The smallest absolute Gasteiger partial charge is 0.308 e. The average molecular weight is 373 g/mol. The van der Waals surface area contributed by atoms with Crippen molar-refractivity contribution in [2.45, 2.75) is 106 Å². The van der Waals surface area contributed by atoms with Gasteiger partial charge < -0.3 is 9.47 Å². The van der Waals surface area contributed by atoms with Gasteiger partial charge in [-0.3, -0.25) is 9.59 Å². The van der Waals surface area contributed by atoms with Gasteiger partial charge in [0.25, 0.3) is 0 Å². The van der Waals surface area contributed by atoms with Crippen molar-refractivity contribution in [1.29, 1.82) is 0 Å². The molecular formula is C22H44O4. The third kappa shape index (κ3) is 21.0. The lowest BCUT2D eigenvalue weighted by Crippen LogP contribution is -2.14. The van der Waals surface area contributed by atoms with Crippen LogP contribution in [0.25, 0.3) is 0 Å². The second-order valence-electron chi connectivity index (χ2n) is 7.42. The topological polar surface area (TPSA) is 52.6 Å². The van der Waals surface area contributed by atoms with E-state index in [1.54, 1.807) is 0 Å². The second-order valence-corrected chi connectivity index (χ2v) is 7.42. The van der Waals surface area contributed by atoms with Crippen molar-refractivity contribution < 1.29 is 19.1 Å². The molecule has 0 N–H and O–H groups in total. The summed E-state index contributed by atoms with van der Waals surface area (Å²) in [6.07, 6.45) is 10.7. The monoisotopic (exact) mass is 372 g/mol. The molecule has 0 fully saturated rings. The van der Waals surface area contributed by atoms with Crippen LogP contribution < -0.4 is 0 Å². The van der Waals surface area contributed by atoms with Crippen LogP contribution in [0.4, 0.5) is 0 Å². The summed E-state index contributed by atoms with van der Waals surface area (Å²) in [5.74, 6) is 0.375. The van der Waals surface area contributed by atoms with Crippen LogP contribution in [0, 0.1) is 11.8 Å². The fraction of sp³-hybridized carbons (Fsp3) is 0.909. The SMILES string of the molecule is CCCCCCOC(=O)C(C)CC.CCCCCCOC(=O)CC(C)C. The Morgan fingerprint density at radius 2 is 1.23 bits per heavy atom. The van der Waals surface area contributed by atoms with Gasteiger partial charge in [-0.25, -0.2) is 0 Å². The Kier molecular flexibility index (Phi) is 21.2. The van der Waals surface area contributed by atoms with Gasteiger partial charge >= 0.3 is 11.9 Å². The summed E-state index contributed by atoms with van der Waals surface area (Å²) in [6, 6.07) is 0. The Balaban J connectivity index is 0. The summed E-state index contributed by atoms with van der Waals surface area (Å²) >= 11 is 0. The van der Waals surface area contributed by atoms with Crippen molar-refractivity contribution in [1.82, 2.24) is 0 Å². The highest BCUT2D eigenvalue weighted by molar-refractivity contribution is 5.71. The summed E-state index contributed by atoms with van der Waals surface area (Å²) in [5.41, 5.74) is 0. The van der Waals surface area contributed by atoms with E-state index in [0.717, 1.165) is 19.3 Å². The number of hydrogen-bond donors (Lipinski definition) is 0. The van der Waals surface area contributed by atoms with Crippen molar-refractivity contribution >= 4 is 11.9 Å². The maximum absolute atomic E-state index is 11.2. The molecule has 1 atom stereocenters. The van der Waals surface area contributed by atoms with Gasteiger partial charge in [-0.1, -0.05) is 80.1 Å². The van der Waals surface area contributed by atoms with E-state index in [1.165, 1.54) is 38.5 Å². The highest BCUT2D eigenvalue weighted by atomic mass is 16.5. The molecule has 0 saturated heterocycles. The molecule has 156 valence electrons. The molecule has 1 unspecified atom stereocenters. The third-order valence-corrected chi connectivity index (χ3v) is 4.09. The average Bonchev–Trinajstić information content (AvgIpc) is 2.60. The number of rotatable bonds is 14. The van der Waals surface area contributed by atoms with Crippen LogP contribution >= 0.6 is 0 Å². The molecule has 0 aromatic carbocycles. The molecule has 0 bridgehead atoms. The molecule has 0 saturated carbocycles. The molecule has 0 aliphatic rings. The minimum atomic E-state index is -0.0495. The third-order valence-electron chi connectivity index (χ3n) is 4.09. The summed E-state index contributed by atoms with van der Waals surface area (Å²) in [6.45, 7) is 13.5. The normalized spacial score (nSPS) is 11.5. The molecule has 26 heavy (non-hydrogen) atoms. The number of ether oxygens (including phenoxy) is 2. The lowest BCUT2D eigenvalue weighted by Gasteiger charge is -2.08. The minimum absolute atomic E-state index is 0.0426. The number of esters is 2. The molecule has 4 heteroatoms. The Morgan fingerprint density at radius 1 is 0.731 bits per heavy atom. The van der Waals surface area contributed by atoms with Crippen LogP contribution in [0.1, 0.15) is 106 Å². The van der Waals surface area contributed by atoms with E-state index in [1.807, 2.05) is 27.7 Å². The molecule has 0 aliphatic carbocycles. The zero-order chi connectivity index (χ0) is 20.2. The van der Waals surface area contributed by atoms with Crippen LogP contribution in [-0.2, 0) is 19.1 Å². The van der Waals surface area contributed by atoms with E-state index < -0.39 is 0 Å². The predicted octanol–water partition coefficient (Wildman–Crippen LogP) is 6.31. The molecule has 0 heterocycles. The first-order chi connectivity index (χ1) is 12.4. The van der Waals surface area contributed by atoms with Crippen LogP contribution in [0.15, 0.2) is 0 Å². The Labute approximate surface area is 162 Å². The molecule has 0 radical (unpaired) electrons. The van der Waals surface area contributed by atoms with E-state index in [0.29, 0.717) is 25.6 Å². The van der Waals surface area contributed by atoms with Crippen LogP contribution in [-0.4, -0.2) is 25.2 Å². The quantitative estimate of drug-likeness (QED) is 0.265. The number of carbonyl (C=O) groups excluding carboxylic acids is 2. The molecule has 0 aromatic heterocycles. The molecule has 4 nitrogen and oxygen atoms in total. The maximum atomic E-state index is 11.2. The van der Waals surface area contributed by atoms with Gasteiger partial charge in [-0.2, -0.15) is 0 Å². The summed E-state index contributed by atoms with van der Waals surface area (Å²) in [5, 5.41) is 0. The highest BCUT2D eigenvalue weighted by Gasteiger charge is 2.10. The second kappa shape index (κ2) is 20.3. The number of hydrogen-bond acceptors (Lipinski definition) is 4. The summed E-state index contributed by atoms with van der Waals surface area (Å²) < 4.78 is 10.2. The van der Waals surface area contributed by atoms with Gasteiger partial charge in [0, 0.05) is 6.42 Å². The van der Waals surface area contributed by atoms with E-state index in [9.17, 15) is 9.59 Å². The largest absolute Gasteiger partial charge is 0.466 e. The molecule has 0 aromatic rings. The number of carbonyl (C=O) groups is 2. The van der Waals surface area contributed by atoms with Crippen LogP contribution in [0.2, 0.25) is 0 Å². The van der Waals surface area contributed by atoms with Crippen molar-refractivity contribution in [2.75, 3.05) is 13.2 Å². The molecule has 0 aliphatic heterocycles. The van der Waals surface area contributed by atoms with Crippen molar-refractivity contribution in [2.24, 2.45) is 11.8 Å². The van der Waals surface area contributed by atoms with Crippen LogP contribution in [0.3, 0.4) is 0 Å². The lowest BCUT2D eigenvalue weighted by molar-refractivity contribution is -0.148. The highest BCUT2D eigenvalue weighted by Crippen LogP contribution is 2.05. The first-order valence-electron chi connectivity index (χ1n) is 10.7. The Morgan fingerprint density at radius 3 is 1.65 bits per heavy atom. The van der Waals surface area contributed by atoms with Gasteiger partial charge in [-0.05, 0) is 25.2 Å². The van der Waals surface area contributed by atoms with E-state index >= 15 is 0 Å². The van der Waals surface area contributed by atoms with Crippen molar-refractivity contribution in [3.05, 3.63) is 0 Å². The lowest BCUT2D eigenvalue weighted by atomic mass is 10.1.